The minimum Gasteiger partial charge on any atom is -0.378 e. The average Bonchev–Trinajstić information content (AvgIpc) is 3.09. The van der Waals surface area contributed by atoms with Gasteiger partial charge in [-0.15, -0.1) is 0 Å². The van der Waals surface area contributed by atoms with Gasteiger partial charge in [-0.2, -0.15) is 0 Å². The summed E-state index contributed by atoms with van der Waals surface area (Å²) in [4.78, 5) is 18.3. The SMILES string of the molecule is O=C1C2C(c3c(Cl)cccc3Cl)=NOC2SN1c1ccccc1. The zero-order chi connectivity index (χ0) is 16.0. The van der Waals surface area contributed by atoms with Gasteiger partial charge in [-0.25, -0.2) is 4.31 Å². The monoisotopic (exact) mass is 364 g/mol. The van der Waals surface area contributed by atoms with Gasteiger partial charge in [0.05, 0.1) is 15.7 Å². The second-order valence-electron chi connectivity index (χ2n) is 5.10. The molecule has 0 bridgehead atoms. The second-order valence-corrected chi connectivity index (χ2v) is 6.95. The molecular formula is C16H10Cl2N2O2S. The third-order valence-corrected chi connectivity index (χ3v) is 5.50. The van der Waals surface area contributed by atoms with E-state index in [1.165, 1.54) is 11.9 Å². The number of fused-ring (bicyclic) bond motifs is 1. The summed E-state index contributed by atoms with van der Waals surface area (Å²) in [6.45, 7) is 0. The van der Waals surface area contributed by atoms with Crippen molar-refractivity contribution in [3.8, 4) is 0 Å². The first-order valence-corrected chi connectivity index (χ1v) is 8.50. The highest BCUT2D eigenvalue weighted by Gasteiger charge is 2.51. The molecule has 7 heteroatoms. The van der Waals surface area contributed by atoms with Crippen LogP contribution in [-0.2, 0) is 9.63 Å². The Labute approximate surface area is 147 Å². The summed E-state index contributed by atoms with van der Waals surface area (Å²) in [5, 5.41) is 4.98. The van der Waals surface area contributed by atoms with Crippen LogP contribution in [0.2, 0.25) is 10.0 Å². The topological polar surface area (TPSA) is 41.9 Å². The van der Waals surface area contributed by atoms with Gasteiger partial charge in [-0.3, -0.25) is 4.79 Å². The van der Waals surface area contributed by atoms with Gasteiger partial charge < -0.3 is 4.84 Å². The maximum absolute atomic E-state index is 12.9. The Bertz CT molecular complexity index is 793. The fourth-order valence-corrected chi connectivity index (χ4v) is 4.35. The minimum atomic E-state index is -0.516. The molecule has 0 N–H and O–H groups in total. The molecule has 0 aromatic heterocycles. The van der Waals surface area contributed by atoms with Crippen LogP contribution < -0.4 is 4.31 Å². The highest BCUT2D eigenvalue weighted by Crippen LogP contribution is 2.45. The number of hydrogen-bond acceptors (Lipinski definition) is 4. The lowest BCUT2D eigenvalue weighted by Crippen LogP contribution is -2.29. The number of halogens is 2. The van der Waals surface area contributed by atoms with E-state index >= 15 is 0 Å². The molecule has 0 spiro atoms. The molecule has 2 aliphatic heterocycles. The van der Waals surface area contributed by atoms with Gasteiger partial charge in [0.2, 0.25) is 5.44 Å². The molecule has 4 rings (SSSR count). The van der Waals surface area contributed by atoms with Crippen molar-refractivity contribution in [3.63, 3.8) is 0 Å². The zero-order valence-corrected chi connectivity index (χ0v) is 14.0. The van der Waals surface area contributed by atoms with Crippen molar-refractivity contribution in [2.75, 3.05) is 4.31 Å². The quantitative estimate of drug-likeness (QED) is 0.743. The van der Waals surface area contributed by atoms with E-state index in [0.29, 0.717) is 21.3 Å². The Morgan fingerprint density at radius 3 is 2.43 bits per heavy atom. The maximum Gasteiger partial charge on any atom is 0.251 e. The van der Waals surface area contributed by atoms with Crippen LogP contribution in [0.1, 0.15) is 5.56 Å². The molecule has 116 valence electrons. The van der Waals surface area contributed by atoms with E-state index in [9.17, 15) is 4.79 Å². The smallest absolute Gasteiger partial charge is 0.251 e. The molecule has 2 atom stereocenters. The Morgan fingerprint density at radius 1 is 1.04 bits per heavy atom. The number of anilines is 1. The molecule has 0 radical (unpaired) electrons. The van der Waals surface area contributed by atoms with Gasteiger partial charge in [0, 0.05) is 17.5 Å². The number of oxime groups is 1. The average molecular weight is 365 g/mol. The van der Waals surface area contributed by atoms with Crippen molar-refractivity contribution in [1.29, 1.82) is 0 Å². The molecule has 1 fully saturated rings. The van der Waals surface area contributed by atoms with Gasteiger partial charge in [-0.1, -0.05) is 52.6 Å². The first-order chi connectivity index (χ1) is 11.2. The first-order valence-electron chi connectivity index (χ1n) is 6.90. The number of amides is 1. The van der Waals surface area contributed by atoms with E-state index in [4.69, 9.17) is 28.0 Å². The van der Waals surface area contributed by atoms with Crippen molar-refractivity contribution in [2.24, 2.45) is 11.1 Å². The molecule has 2 unspecified atom stereocenters. The van der Waals surface area contributed by atoms with E-state index in [0.717, 1.165) is 5.69 Å². The molecule has 0 aliphatic carbocycles. The molecule has 1 amide bonds. The summed E-state index contributed by atoms with van der Waals surface area (Å²) in [6.07, 6.45) is 0. The van der Waals surface area contributed by atoms with Crippen molar-refractivity contribution >= 4 is 52.5 Å². The lowest BCUT2D eigenvalue weighted by Gasteiger charge is -2.15. The zero-order valence-electron chi connectivity index (χ0n) is 11.6. The van der Waals surface area contributed by atoms with Crippen molar-refractivity contribution in [3.05, 3.63) is 64.1 Å². The lowest BCUT2D eigenvalue weighted by atomic mass is 9.96. The van der Waals surface area contributed by atoms with Crippen LogP contribution >= 0.6 is 35.1 Å². The summed E-state index contributed by atoms with van der Waals surface area (Å²) in [5.41, 5.74) is 1.46. The molecule has 2 aliphatic rings. The van der Waals surface area contributed by atoms with Crippen LogP contribution in [0.25, 0.3) is 0 Å². The Balaban J connectivity index is 1.71. The van der Waals surface area contributed by atoms with Crippen molar-refractivity contribution < 1.29 is 9.63 Å². The largest absolute Gasteiger partial charge is 0.378 e. The van der Waals surface area contributed by atoms with Crippen molar-refractivity contribution in [2.45, 2.75) is 5.44 Å². The number of para-hydroxylation sites is 1. The van der Waals surface area contributed by atoms with E-state index < -0.39 is 11.4 Å². The standard InChI is InChI=1S/C16H10Cl2N2O2S/c17-10-7-4-8-11(18)12(10)14-13-15(21)20(23-16(13)22-19-14)9-5-2-1-3-6-9/h1-8,13,16H. The Hall–Kier alpha value is -1.69. The van der Waals surface area contributed by atoms with Crippen LogP contribution in [0.15, 0.2) is 53.7 Å². The maximum atomic E-state index is 12.9. The third-order valence-electron chi connectivity index (χ3n) is 3.71. The summed E-state index contributed by atoms with van der Waals surface area (Å²) in [6, 6.07) is 14.6. The Morgan fingerprint density at radius 2 is 1.74 bits per heavy atom. The summed E-state index contributed by atoms with van der Waals surface area (Å²) in [5.74, 6) is -0.601. The minimum absolute atomic E-state index is 0.0848. The predicted molar refractivity (Wildman–Crippen MR) is 92.9 cm³/mol. The fourth-order valence-electron chi connectivity index (χ4n) is 2.65. The van der Waals surface area contributed by atoms with Crippen LogP contribution in [0.4, 0.5) is 5.69 Å². The fraction of sp³-hybridized carbons (Fsp3) is 0.125. The van der Waals surface area contributed by atoms with Crippen LogP contribution in [0, 0.1) is 5.92 Å². The summed E-state index contributed by atoms with van der Waals surface area (Å²) < 4.78 is 1.63. The molecular weight excluding hydrogens is 355 g/mol. The molecule has 2 heterocycles. The van der Waals surface area contributed by atoms with Gasteiger partial charge >= 0.3 is 0 Å². The van der Waals surface area contributed by atoms with E-state index in [2.05, 4.69) is 5.16 Å². The number of carbonyl (C=O) groups is 1. The highest BCUT2D eigenvalue weighted by atomic mass is 35.5. The molecule has 2 aromatic rings. The molecule has 23 heavy (non-hydrogen) atoms. The van der Waals surface area contributed by atoms with Crippen molar-refractivity contribution in [1.82, 2.24) is 0 Å². The van der Waals surface area contributed by atoms with E-state index in [1.807, 2.05) is 30.3 Å². The number of hydrogen-bond donors (Lipinski definition) is 0. The normalized spacial score (nSPS) is 22.8. The molecule has 2 aromatic carbocycles. The van der Waals surface area contributed by atoms with Gasteiger partial charge in [-0.05, 0) is 24.3 Å². The molecule has 4 nitrogen and oxygen atoms in total. The number of rotatable bonds is 2. The van der Waals surface area contributed by atoms with E-state index in [1.54, 1.807) is 22.5 Å². The summed E-state index contributed by atoms with van der Waals surface area (Å²) in [7, 11) is 0. The number of benzene rings is 2. The third kappa shape index (κ3) is 2.40. The van der Waals surface area contributed by atoms with E-state index in [-0.39, 0.29) is 5.91 Å². The lowest BCUT2D eigenvalue weighted by molar-refractivity contribution is -0.119. The van der Waals surface area contributed by atoms with Gasteiger partial charge in [0.1, 0.15) is 11.6 Å². The molecule has 1 saturated heterocycles. The van der Waals surface area contributed by atoms with Crippen LogP contribution in [-0.4, -0.2) is 17.1 Å². The highest BCUT2D eigenvalue weighted by molar-refractivity contribution is 8.02. The van der Waals surface area contributed by atoms with Crippen LogP contribution in [0.3, 0.4) is 0 Å². The van der Waals surface area contributed by atoms with Gasteiger partial charge in [0.15, 0.2) is 0 Å². The predicted octanol–water partition coefficient (Wildman–Crippen LogP) is 4.37. The number of carbonyl (C=O) groups excluding carboxylic acids is 1. The molecule has 0 saturated carbocycles. The van der Waals surface area contributed by atoms with Crippen LogP contribution in [0.5, 0.6) is 0 Å². The number of nitrogens with zero attached hydrogens (tertiary/aromatic N) is 2. The van der Waals surface area contributed by atoms with Gasteiger partial charge in [0.25, 0.3) is 5.91 Å². The summed E-state index contributed by atoms with van der Waals surface area (Å²) >= 11 is 13.8. The second kappa shape index (κ2) is 5.74. The Kier molecular flexibility index (Phi) is 3.71. The first kappa shape index (κ1) is 14.9.